The van der Waals surface area contributed by atoms with E-state index in [-0.39, 0.29) is 21.0 Å². The van der Waals surface area contributed by atoms with Crippen LogP contribution in [0.4, 0.5) is 11.4 Å². The van der Waals surface area contributed by atoms with Crippen LogP contribution in [-0.4, -0.2) is 54.3 Å². The molecular formula is C25H27N3O6S2. The Balaban J connectivity index is 1.54. The van der Waals surface area contributed by atoms with Crippen molar-refractivity contribution in [3.8, 4) is 5.75 Å². The van der Waals surface area contributed by atoms with E-state index in [0.717, 1.165) is 17.1 Å². The van der Waals surface area contributed by atoms with Crippen molar-refractivity contribution >= 4 is 37.3 Å². The zero-order valence-corrected chi connectivity index (χ0v) is 21.6. The van der Waals surface area contributed by atoms with E-state index in [4.69, 9.17) is 4.74 Å². The van der Waals surface area contributed by atoms with Gasteiger partial charge in [-0.25, -0.2) is 16.8 Å². The maximum atomic E-state index is 12.9. The number of carbonyl (C=O) groups excluding carboxylic acids is 1. The van der Waals surface area contributed by atoms with Gasteiger partial charge in [-0.15, -0.1) is 0 Å². The second kappa shape index (κ2) is 10.3. The number of methoxy groups -OCH3 is 1. The molecule has 0 atom stereocenters. The third-order valence-electron chi connectivity index (χ3n) is 6.02. The number of amides is 1. The first kappa shape index (κ1) is 25.7. The van der Waals surface area contributed by atoms with Crippen LogP contribution >= 0.6 is 0 Å². The Bertz CT molecular complexity index is 1450. The number of sulfonamides is 2. The largest absolute Gasteiger partial charge is 0.495 e. The van der Waals surface area contributed by atoms with Gasteiger partial charge in [-0.2, -0.15) is 4.31 Å². The van der Waals surface area contributed by atoms with Gasteiger partial charge in [-0.05, 0) is 67.4 Å². The van der Waals surface area contributed by atoms with Crippen molar-refractivity contribution in [1.29, 1.82) is 0 Å². The molecule has 0 spiro atoms. The van der Waals surface area contributed by atoms with Crippen LogP contribution in [-0.2, 0) is 20.0 Å². The van der Waals surface area contributed by atoms with Gasteiger partial charge in [0.25, 0.3) is 15.9 Å². The fourth-order valence-electron chi connectivity index (χ4n) is 3.93. The number of rotatable bonds is 8. The molecule has 4 rings (SSSR count). The Morgan fingerprint density at radius 2 is 1.53 bits per heavy atom. The van der Waals surface area contributed by atoms with E-state index < -0.39 is 26.0 Å². The number of nitrogens with one attached hydrogen (secondary N) is 1. The molecule has 1 N–H and O–H groups in total. The fraction of sp³-hybridized carbons (Fsp3) is 0.240. The number of nitrogens with zero attached hydrogens (tertiary/aromatic N) is 2. The van der Waals surface area contributed by atoms with Crippen molar-refractivity contribution in [2.45, 2.75) is 22.6 Å². The van der Waals surface area contributed by atoms with E-state index in [1.54, 1.807) is 18.2 Å². The highest BCUT2D eigenvalue weighted by atomic mass is 32.2. The zero-order valence-electron chi connectivity index (χ0n) is 19.9. The van der Waals surface area contributed by atoms with Crippen molar-refractivity contribution in [2.24, 2.45) is 0 Å². The summed E-state index contributed by atoms with van der Waals surface area (Å²) in [5.41, 5.74) is 0.862. The molecule has 3 aromatic carbocycles. The van der Waals surface area contributed by atoms with Crippen LogP contribution in [0.1, 0.15) is 23.2 Å². The molecule has 0 aromatic heterocycles. The lowest BCUT2D eigenvalue weighted by Crippen LogP contribution is -2.28. The number of hydrogen-bond acceptors (Lipinski definition) is 6. The van der Waals surface area contributed by atoms with Crippen molar-refractivity contribution in [3.05, 3.63) is 78.4 Å². The van der Waals surface area contributed by atoms with Gasteiger partial charge >= 0.3 is 0 Å². The highest BCUT2D eigenvalue weighted by molar-refractivity contribution is 7.92. The lowest BCUT2D eigenvalue weighted by Gasteiger charge is -2.20. The second-order valence-corrected chi connectivity index (χ2v) is 12.2. The van der Waals surface area contributed by atoms with Crippen molar-refractivity contribution in [3.63, 3.8) is 0 Å². The molecule has 190 valence electrons. The Morgan fingerprint density at radius 3 is 2.14 bits per heavy atom. The first-order chi connectivity index (χ1) is 17.1. The Morgan fingerprint density at radius 1 is 0.889 bits per heavy atom. The molecule has 0 radical (unpaired) electrons. The molecule has 0 saturated carbocycles. The van der Waals surface area contributed by atoms with Crippen molar-refractivity contribution < 1.29 is 26.4 Å². The summed E-state index contributed by atoms with van der Waals surface area (Å²) in [5.74, 6) is -0.182. The lowest BCUT2D eigenvalue weighted by molar-refractivity contribution is 0.102. The molecule has 1 aliphatic heterocycles. The van der Waals surface area contributed by atoms with Crippen LogP contribution in [0.2, 0.25) is 0 Å². The molecule has 1 amide bonds. The summed E-state index contributed by atoms with van der Waals surface area (Å²) in [7, 11) is -4.56. The van der Waals surface area contributed by atoms with Crippen LogP contribution in [0.3, 0.4) is 0 Å². The topological polar surface area (TPSA) is 113 Å². The first-order valence-corrected chi connectivity index (χ1v) is 14.2. The van der Waals surface area contributed by atoms with Gasteiger partial charge in [0.15, 0.2) is 0 Å². The standard InChI is InChI=1S/C25H27N3O6S2/c1-27(35(30,31)21-8-4-3-5-9-21)20-12-10-19(11-13-20)25(29)26-23-18-22(14-15-24(23)34-2)36(32,33)28-16-6-7-17-28/h3-5,8-15,18H,6-7,16-17H2,1-2H3,(H,26,29). The Hall–Kier alpha value is -3.41. The van der Waals surface area contributed by atoms with E-state index in [1.165, 1.54) is 73.1 Å². The molecule has 3 aromatic rings. The van der Waals surface area contributed by atoms with E-state index in [1.807, 2.05) is 0 Å². The number of benzene rings is 3. The molecule has 9 nitrogen and oxygen atoms in total. The third kappa shape index (κ3) is 5.08. The molecule has 36 heavy (non-hydrogen) atoms. The zero-order chi connectivity index (χ0) is 25.9. The third-order valence-corrected chi connectivity index (χ3v) is 9.71. The summed E-state index contributed by atoms with van der Waals surface area (Å²) < 4.78 is 59.5. The lowest BCUT2D eigenvalue weighted by atomic mass is 10.2. The van der Waals surface area contributed by atoms with Gasteiger partial charge in [0.1, 0.15) is 5.75 Å². The smallest absolute Gasteiger partial charge is 0.264 e. The van der Waals surface area contributed by atoms with Crippen LogP contribution in [0.5, 0.6) is 5.75 Å². The van der Waals surface area contributed by atoms with Gasteiger partial charge in [0.2, 0.25) is 10.0 Å². The summed E-state index contributed by atoms with van der Waals surface area (Å²) in [5, 5.41) is 2.71. The summed E-state index contributed by atoms with van der Waals surface area (Å²) >= 11 is 0. The summed E-state index contributed by atoms with van der Waals surface area (Å²) in [6, 6.07) is 18.5. The minimum absolute atomic E-state index is 0.0728. The van der Waals surface area contributed by atoms with Gasteiger partial charge in [-0.3, -0.25) is 9.10 Å². The average Bonchev–Trinajstić information content (AvgIpc) is 3.45. The maximum Gasteiger partial charge on any atom is 0.264 e. The Kier molecular flexibility index (Phi) is 7.34. The van der Waals surface area contributed by atoms with Gasteiger partial charge in [-0.1, -0.05) is 18.2 Å². The number of anilines is 2. The molecule has 0 aliphatic carbocycles. The van der Waals surface area contributed by atoms with E-state index in [0.29, 0.717) is 24.5 Å². The molecule has 1 saturated heterocycles. The fourth-order valence-corrected chi connectivity index (χ4v) is 6.69. The number of ether oxygens (including phenoxy) is 1. The normalized spacial score (nSPS) is 14.4. The van der Waals surface area contributed by atoms with E-state index >= 15 is 0 Å². The van der Waals surface area contributed by atoms with E-state index in [2.05, 4.69) is 5.32 Å². The number of carbonyl (C=O) groups is 1. The summed E-state index contributed by atoms with van der Waals surface area (Å²) in [4.78, 5) is 13.2. The van der Waals surface area contributed by atoms with Crippen LogP contribution in [0, 0.1) is 0 Å². The van der Waals surface area contributed by atoms with Crippen molar-refractivity contribution in [2.75, 3.05) is 36.9 Å². The average molecular weight is 530 g/mol. The highest BCUT2D eigenvalue weighted by Gasteiger charge is 2.28. The maximum absolute atomic E-state index is 12.9. The van der Waals surface area contributed by atoms with Gasteiger partial charge in [0.05, 0.1) is 28.3 Å². The molecule has 1 fully saturated rings. The molecular weight excluding hydrogens is 502 g/mol. The highest BCUT2D eigenvalue weighted by Crippen LogP contribution is 2.31. The second-order valence-electron chi connectivity index (χ2n) is 8.26. The minimum Gasteiger partial charge on any atom is -0.495 e. The number of hydrogen-bond donors (Lipinski definition) is 1. The quantitative estimate of drug-likeness (QED) is 0.478. The monoisotopic (exact) mass is 529 g/mol. The van der Waals surface area contributed by atoms with Crippen LogP contribution < -0.4 is 14.4 Å². The van der Waals surface area contributed by atoms with E-state index in [9.17, 15) is 21.6 Å². The molecule has 0 bridgehead atoms. The van der Waals surface area contributed by atoms with Gasteiger partial charge in [0, 0.05) is 25.7 Å². The SMILES string of the molecule is COc1ccc(S(=O)(=O)N2CCCC2)cc1NC(=O)c1ccc(N(C)S(=O)(=O)c2ccccc2)cc1. The molecule has 0 unspecified atom stereocenters. The van der Waals surface area contributed by atoms with Gasteiger partial charge < -0.3 is 10.1 Å². The Labute approximate surface area is 211 Å². The van der Waals surface area contributed by atoms with Crippen molar-refractivity contribution in [1.82, 2.24) is 4.31 Å². The summed E-state index contributed by atoms with van der Waals surface area (Å²) in [6.07, 6.45) is 1.63. The predicted octanol–water partition coefficient (Wildman–Crippen LogP) is 3.56. The molecule has 1 aliphatic rings. The predicted molar refractivity (Wildman–Crippen MR) is 137 cm³/mol. The molecule has 1 heterocycles. The molecule has 11 heteroatoms. The minimum atomic E-state index is -3.75. The van der Waals surface area contributed by atoms with Crippen LogP contribution in [0.15, 0.2) is 82.6 Å². The van der Waals surface area contributed by atoms with Crippen LogP contribution in [0.25, 0.3) is 0 Å². The first-order valence-electron chi connectivity index (χ1n) is 11.3. The summed E-state index contributed by atoms with van der Waals surface area (Å²) in [6.45, 7) is 0.938.